The molecule has 0 N–H and O–H groups in total. The van der Waals surface area contributed by atoms with Crippen LogP contribution in [0.25, 0.3) is 0 Å². The maximum atomic E-state index is 11.7. The van der Waals surface area contributed by atoms with Gasteiger partial charge in [-0.3, -0.25) is 4.79 Å². The number of nitrogens with zero attached hydrogens (tertiary/aromatic N) is 1. The molecule has 1 saturated heterocycles. The van der Waals surface area contributed by atoms with Crippen LogP contribution in [0.4, 0.5) is 0 Å². The molecule has 0 aromatic rings. The van der Waals surface area contributed by atoms with Gasteiger partial charge in [0.2, 0.25) is 5.91 Å². The second-order valence-electron chi connectivity index (χ2n) is 4.56. The summed E-state index contributed by atoms with van der Waals surface area (Å²) in [5.41, 5.74) is 0. The van der Waals surface area contributed by atoms with E-state index in [0.29, 0.717) is 24.2 Å². The highest BCUT2D eigenvalue weighted by molar-refractivity contribution is 5.76. The number of likely N-dealkylation sites (tertiary alicyclic amines) is 1. The van der Waals surface area contributed by atoms with Gasteiger partial charge in [0.25, 0.3) is 0 Å². The van der Waals surface area contributed by atoms with E-state index in [0.717, 1.165) is 25.9 Å². The van der Waals surface area contributed by atoms with Gasteiger partial charge < -0.3 is 4.90 Å². The standard InChI is InChI=1S/C12H21NO/c1-4-11-7-8-13(9-11)12(14)6-5-10(2)3/h4,10-11H,1,5-9H2,2-3H3. The van der Waals surface area contributed by atoms with Crippen molar-refractivity contribution in [3.8, 4) is 0 Å². The van der Waals surface area contributed by atoms with Gasteiger partial charge in [-0.1, -0.05) is 19.9 Å². The van der Waals surface area contributed by atoms with Crippen LogP contribution in [0.1, 0.15) is 33.1 Å². The maximum Gasteiger partial charge on any atom is 0.222 e. The van der Waals surface area contributed by atoms with Crippen molar-refractivity contribution in [3.63, 3.8) is 0 Å². The molecule has 0 radical (unpaired) electrons. The van der Waals surface area contributed by atoms with E-state index in [9.17, 15) is 4.79 Å². The third kappa shape index (κ3) is 3.17. The molecular weight excluding hydrogens is 174 g/mol. The van der Waals surface area contributed by atoms with E-state index in [1.54, 1.807) is 0 Å². The van der Waals surface area contributed by atoms with Gasteiger partial charge in [-0.25, -0.2) is 0 Å². The molecule has 1 aliphatic heterocycles. The Morgan fingerprint density at radius 2 is 2.36 bits per heavy atom. The van der Waals surface area contributed by atoms with E-state index in [-0.39, 0.29) is 0 Å². The van der Waals surface area contributed by atoms with Crippen molar-refractivity contribution >= 4 is 5.91 Å². The van der Waals surface area contributed by atoms with Gasteiger partial charge in [-0.2, -0.15) is 0 Å². The highest BCUT2D eigenvalue weighted by Crippen LogP contribution is 2.18. The summed E-state index contributed by atoms with van der Waals surface area (Å²) in [4.78, 5) is 13.7. The second-order valence-corrected chi connectivity index (χ2v) is 4.56. The van der Waals surface area contributed by atoms with Gasteiger partial charge in [0.1, 0.15) is 0 Å². The van der Waals surface area contributed by atoms with Crippen LogP contribution in [0.3, 0.4) is 0 Å². The molecule has 0 aromatic heterocycles. The van der Waals surface area contributed by atoms with Crippen molar-refractivity contribution in [2.45, 2.75) is 33.1 Å². The fraction of sp³-hybridized carbons (Fsp3) is 0.750. The molecule has 0 bridgehead atoms. The number of hydrogen-bond acceptors (Lipinski definition) is 1. The lowest BCUT2D eigenvalue weighted by Gasteiger charge is -2.16. The molecular formula is C12H21NO. The van der Waals surface area contributed by atoms with Crippen LogP contribution in [-0.2, 0) is 4.79 Å². The summed E-state index contributed by atoms with van der Waals surface area (Å²) >= 11 is 0. The van der Waals surface area contributed by atoms with Crippen molar-refractivity contribution in [1.29, 1.82) is 0 Å². The molecule has 2 nitrogen and oxygen atoms in total. The zero-order valence-electron chi connectivity index (χ0n) is 9.33. The smallest absolute Gasteiger partial charge is 0.222 e. The van der Waals surface area contributed by atoms with Gasteiger partial charge in [0, 0.05) is 19.5 Å². The number of carbonyl (C=O) groups excluding carboxylic acids is 1. The van der Waals surface area contributed by atoms with E-state index in [1.165, 1.54) is 0 Å². The van der Waals surface area contributed by atoms with Crippen LogP contribution < -0.4 is 0 Å². The van der Waals surface area contributed by atoms with E-state index < -0.39 is 0 Å². The summed E-state index contributed by atoms with van der Waals surface area (Å²) < 4.78 is 0. The first kappa shape index (κ1) is 11.3. The highest BCUT2D eigenvalue weighted by Gasteiger charge is 2.23. The Hall–Kier alpha value is -0.790. The minimum Gasteiger partial charge on any atom is -0.342 e. The lowest BCUT2D eigenvalue weighted by molar-refractivity contribution is -0.130. The molecule has 14 heavy (non-hydrogen) atoms. The third-order valence-electron chi connectivity index (χ3n) is 2.85. The zero-order chi connectivity index (χ0) is 10.6. The summed E-state index contributed by atoms with van der Waals surface area (Å²) in [5, 5.41) is 0. The SMILES string of the molecule is C=CC1CCN(C(=O)CCC(C)C)C1. The van der Waals surface area contributed by atoms with E-state index in [4.69, 9.17) is 0 Å². The lowest BCUT2D eigenvalue weighted by atomic mass is 10.1. The number of rotatable bonds is 4. The Morgan fingerprint density at radius 3 is 2.86 bits per heavy atom. The summed E-state index contributed by atoms with van der Waals surface area (Å²) in [6.45, 7) is 9.90. The van der Waals surface area contributed by atoms with Crippen molar-refractivity contribution < 1.29 is 4.79 Å². The second kappa shape index (κ2) is 5.18. The molecule has 2 heteroatoms. The summed E-state index contributed by atoms with van der Waals surface area (Å²) in [6.07, 6.45) is 4.78. The topological polar surface area (TPSA) is 20.3 Å². The van der Waals surface area contributed by atoms with Crippen molar-refractivity contribution in [3.05, 3.63) is 12.7 Å². The number of amides is 1. The van der Waals surface area contributed by atoms with Gasteiger partial charge >= 0.3 is 0 Å². The summed E-state index contributed by atoms with van der Waals surface area (Å²) in [6, 6.07) is 0. The first-order valence-electron chi connectivity index (χ1n) is 5.53. The predicted octanol–water partition coefficient (Wildman–Crippen LogP) is 2.46. The molecule has 1 atom stereocenters. The molecule has 0 saturated carbocycles. The normalized spacial score (nSPS) is 21.6. The van der Waals surface area contributed by atoms with Crippen LogP contribution in [0.15, 0.2) is 12.7 Å². The summed E-state index contributed by atoms with van der Waals surface area (Å²) in [7, 11) is 0. The Labute approximate surface area is 87.0 Å². The van der Waals surface area contributed by atoms with Crippen LogP contribution in [0.2, 0.25) is 0 Å². The first-order chi connectivity index (χ1) is 6.63. The minimum atomic E-state index is 0.322. The van der Waals surface area contributed by atoms with E-state index >= 15 is 0 Å². The molecule has 0 aromatic carbocycles. The van der Waals surface area contributed by atoms with Gasteiger partial charge in [0.05, 0.1) is 0 Å². The molecule has 0 spiro atoms. The average molecular weight is 195 g/mol. The Morgan fingerprint density at radius 1 is 1.64 bits per heavy atom. The number of carbonyl (C=O) groups is 1. The zero-order valence-corrected chi connectivity index (χ0v) is 9.33. The highest BCUT2D eigenvalue weighted by atomic mass is 16.2. The molecule has 80 valence electrons. The quantitative estimate of drug-likeness (QED) is 0.631. The Bertz CT molecular complexity index is 210. The summed E-state index contributed by atoms with van der Waals surface area (Å²) in [5.74, 6) is 1.47. The average Bonchev–Trinajstić information content (AvgIpc) is 2.62. The maximum absolute atomic E-state index is 11.7. The van der Waals surface area contributed by atoms with Crippen LogP contribution in [0, 0.1) is 11.8 Å². The molecule has 1 unspecified atom stereocenters. The van der Waals surface area contributed by atoms with E-state index in [2.05, 4.69) is 20.4 Å². The monoisotopic (exact) mass is 195 g/mol. The van der Waals surface area contributed by atoms with Crippen molar-refractivity contribution in [2.24, 2.45) is 11.8 Å². The molecule has 0 aliphatic carbocycles. The molecule has 1 rings (SSSR count). The minimum absolute atomic E-state index is 0.322. The van der Waals surface area contributed by atoms with Crippen LogP contribution in [0.5, 0.6) is 0 Å². The largest absolute Gasteiger partial charge is 0.342 e. The molecule has 1 aliphatic rings. The molecule has 1 amide bonds. The lowest BCUT2D eigenvalue weighted by Crippen LogP contribution is -2.28. The molecule has 1 heterocycles. The first-order valence-corrected chi connectivity index (χ1v) is 5.53. The van der Waals surface area contributed by atoms with Gasteiger partial charge in [-0.05, 0) is 24.7 Å². The number of hydrogen-bond donors (Lipinski definition) is 0. The van der Waals surface area contributed by atoms with Crippen molar-refractivity contribution in [1.82, 2.24) is 4.90 Å². The van der Waals surface area contributed by atoms with Crippen LogP contribution >= 0.6 is 0 Å². The van der Waals surface area contributed by atoms with Gasteiger partial charge in [-0.15, -0.1) is 6.58 Å². The third-order valence-corrected chi connectivity index (χ3v) is 2.85. The predicted molar refractivity (Wildman–Crippen MR) is 59.0 cm³/mol. The van der Waals surface area contributed by atoms with E-state index in [1.807, 2.05) is 11.0 Å². The van der Waals surface area contributed by atoms with Crippen molar-refractivity contribution in [2.75, 3.05) is 13.1 Å². The fourth-order valence-electron chi connectivity index (χ4n) is 1.78. The van der Waals surface area contributed by atoms with Gasteiger partial charge in [0.15, 0.2) is 0 Å². The Balaban J connectivity index is 2.28. The fourth-order valence-corrected chi connectivity index (χ4v) is 1.78. The Kier molecular flexibility index (Phi) is 4.18. The van der Waals surface area contributed by atoms with Crippen LogP contribution in [-0.4, -0.2) is 23.9 Å². The molecule has 1 fully saturated rings.